The van der Waals surface area contributed by atoms with Crippen molar-refractivity contribution in [1.82, 2.24) is 0 Å². The topological polar surface area (TPSA) is 18.5 Å². The molecule has 2 nitrogen and oxygen atoms in total. The van der Waals surface area contributed by atoms with E-state index in [-0.39, 0.29) is 13.4 Å². The van der Waals surface area contributed by atoms with Gasteiger partial charge in [-0.1, -0.05) is 34.8 Å². The number of hydrogen-bond acceptors (Lipinski definition) is 2. The molecule has 0 aliphatic carbocycles. The zero-order valence-corrected chi connectivity index (χ0v) is 7.27. The number of halogens is 4. The third-order valence-electron chi connectivity index (χ3n) is 0.394. The molecule has 0 radical (unpaired) electrons. The highest BCUT2D eigenvalue weighted by atomic mass is 35.6. The molecule has 0 aliphatic heterocycles. The average molecular weight is 214 g/mol. The molecule has 0 saturated carbocycles. The van der Waals surface area contributed by atoms with Gasteiger partial charge in [0.15, 0.2) is 6.79 Å². The first-order chi connectivity index (χ1) is 4.06. The molecule has 0 heterocycles. The first-order valence-corrected chi connectivity index (χ1v) is 3.38. The third-order valence-corrected chi connectivity index (χ3v) is 0.810. The lowest BCUT2D eigenvalue weighted by atomic mass is 10.8. The Labute approximate surface area is 73.1 Å². The van der Waals surface area contributed by atoms with E-state index >= 15 is 0 Å². The molecule has 9 heavy (non-hydrogen) atoms. The Morgan fingerprint density at radius 2 is 1.78 bits per heavy atom. The maximum Gasteiger partial charge on any atom is 0.213 e. The van der Waals surface area contributed by atoms with Crippen molar-refractivity contribution in [2.45, 2.75) is 3.79 Å². The Morgan fingerprint density at radius 1 is 1.22 bits per heavy atom. The number of hydrogen-bond donors (Lipinski definition) is 0. The highest BCUT2D eigenvalue weighted by molar-refractivity contribution is 6.67. The van der Waals surface area contributed by atoms with Crippen LogP contribution in [0.25, 0.3) is 0 Å². The van der Waals surface area contributed by atoms with Crippen LogP contribution in [0.15, 0.2) is 0 Å². The third kappa shape index (κ3) is 9.08. The van der Waals surface area contributed by atoms with Crippen LogP contribution in [0.1, 0.15) is 0 Å². The summed E-state index contributed by atoms with van der Waals surface area (Å²) in [4.78, 5) is 0. The van der Waals surface area contributed by atoms with Crippen molar-refractivity contribution in [2.24, 2.45) is 0 Å². The minimum atomic E-state index is -1.39. The average Bonchev–Trinajstić information content (AvgIpc) is 1.63. The van der Waals surface area contributed by atoms with Crippen molar-refractivity contribution < 1.29 is 9.03 Å². The summed E-state index contributed by atoms with van der Waals surface area (Å²) in [5, 5.41) is 0. The molecule has 0 aromatic heterocycles. The minimum Gasteiger partial charge on any atom is -0.349 e. The van der Waals surface area contributed by atoms with Crippen molar-refractivity contribution in [2.75, 3.05) is 13.4 Å². The zero-order chi connectivity index (χ0) is 7.33. The number of ether oxygens (including phenoxy) is 1. The van der Waals surface area contributed by atoms with Crippen LogP contribution in [0.2, 0.25) is 0 Å². The van der Waals surface area contributed by atoms with Crippen molar-refractivity contribution in [3.05, 3.63) is 0 Å². The van der Waals surface area contributed by atoms with Gasteiger partial charge >= 0.3 is 0 Å². The van der Waals surface area contributed by atoms with Crippen molar-refractivity contribution in [3.8, 4) is 0 Å². The van der Waals surface area contributed by atoms with E-state index in [1.807, 2.05) is 0 Å². The van der Waals surface area contributed by atoms with Gasteiger partial charge in [-0.2, -0.15) is 0 Å². The van der Waals surface area contributed by atoms with Crippen LogP contribution in [-0.2, 0) is 9.03 Å². The summed E-state index contributed by atoms with van der Waals surface area (Å²) in [6.07, 6.45) is 0. The van der Waals surface area contributed by atoms with E-state index in [1.165, 1.54) is 0 Å². The highest BCUT2D eigenvalue weighted by Crippen LogP contribution is 2.25. The second-order valence-electron chi connectivity index (χ2n) is 1.19. The fourth-order valence-corrected chi connectivity index (χ4v) is 0.483. The Morgan fingerprint density at radius 3 is 2.11 bits per heavy atom. The molecule has 0 N–H and O–H groups in total. The second-order valence-corrected chi connectivity index (χ2v) is 3.92. The normalized spacial score (nSPS) is 12.0. The maximum atomic E-state index is 5.28. The molecule has 0 unspecified atom stereocenters. The van der Waals surface area contributed by atoms with Gasteiger partial charge in [-0.25, -0.2) is 0 Å². The van der Waals surface area contributed by atoms with E-state index in [2.05, 4.69) is 9.03 Å². The van der Waals surface area contributed by atoms with Gasteiger partial charge in [-0.15, -0.1) is 0 Å². The number of alkyl halides is 3. The molecule has 0 atom stereocenters. The van der Waals surface area contributed by atoms with E-state index < -0.39 is 3.79 Å². The standard InChI is InChI=1S/C3H4Cl4O2/c4-3(5,6)1-8-2-9-7/h1-2H2. The first kappa shape index (κ1) is 10.1. The van der Waals surface area contributed by atoms with E-state index in [0.717, 1.165) is 0 Å². The highest BCUT2D eigenvalue weighted by Gasteiger charge is 2.19. The molecule has 56 valence electrons. The van der Waals surface area contributed by atoms with Crippen molar-refractivity contribution in [1.29, 1.82) is 0 Å². The van der Waals surface area contributed by atoms with Gasteiger partial charge in [0.2, 0.25) is 3.79 Å². The van der Waals surface area contributed by atoms with Crippen molar-refractivity contribution >= 4 is 46.7 Å². The summed E-state index contributed by atoms with van der Waals surface area (Å²) < 4.78 is 7.22. The van der Waals surface area contributed by atoms with Crippen LogP contribution in [0.5, 0.6) is 0 Å². The summed E-state index contributed by atoms with van der Waals surface area (Å²) in [7, 11) is 0. The van der Waals surface area contributed by atoms with Crippen LogP contribution < -0.4 is 0 Å². The van der Waals surface area contributed by atoms with E-state index in [1.54, 1.807) is 0 Å². The molecule has 0 fully saturated rings. The predicted molar refractivity (Wildman–Crippen MR) is 38.0 cm³/mol. The van der Waals surface area contributed by atoms with E-state index in [0.29, 0.717) is 0 Å². The van der Waals surface area contributed by atoms with Crippen LogP contribution in [-0.4, -0.2) is 17.2 Å². The Kier molecular flexibility index (Phi) is 5.41. The molecule has 0 saturated heterocycles. The van der Waals surface area contributed by atoms with Gasteiger partial charge < -0.3 is 4.74 Å². The van der Waals surface area contributed by atoms with Gasteiger partial charge in [-0.3, -0.25) is 4.29 Å². The monoisotopic (exact) mass is 212 g/mol. The Hall–Kier alpha value is 1.08. The van der Waals surface area contributed by atoms with Gasteiger partial charge in [0.1, 0.15) is 0 Å². The molecule has 0 spiro atoms. The SMILES string of the molecule is ClOCOCC(Cl)(Cl)Cl. The van der Waals surface area contributed by atoms with Crippen LogP contribution >= 0.6 is 46.7 Å². The molecule has 0 rings (SSSR count). The van der Waals surface area contributed by atoms with Gasteiger partial charge in [-0.05, 0) is 0 Å². The molecular formula is C3H4Cl4O2. The molecule has 0 aliphatic rings. The summed E-state index contributed by atoms with van der Waals surface area (Å²) in [6.45, 7) is -0.125. The molecule has 0 aromatic carbocycles. The second kappa shape index (κ2) is 4.83. The summed E-state index contributed by atoms with van der Waals surface area (Å²) in [6, 6.07) is 0. The molecule has 0 amide bonds. The summed E-state index contributed by atoms with van der Waals surface area (Å²) in [5.41, 5.74) is 0. The number of rotatable bonds is 3. The smallest absolute Gasteiger partial charge is 0.213 e. The van der Waals surface area contributed by atoms with E-state index in [4.69, 9.17) is 46.7 Å². The lowest BCUT2D eigenvalue weighted by molar-refractivity contribution is 0.0238. The van der Waals surface area contributed by atoms with Gasteiger partial charge in [0.05, 0.1) is 18.5 Å². The fraction of sp³-hybridized carbons (Fsp3) is 1.00. The fourth-order valence-electron chi connectivity index (χ4n) is 0.189. The molecule has 6 heteroatoms. The van der Waals surface area contributed by atoms with Crippen LogP contribution in [0.4, 0.5) is 0 Å². The van der Waals surface area contributed by atoms with Gasteiger partial charge in [0.25, 0.3) is 0 Å². The van der Waals surface area contributed by atoms with Crippen molar-refractivity contribution in [3.63, 3.8) is 0 Å². The molecule has 0 bridgehead atoms. The Bertz CT molecular complexity index is 70.7. The lowest BCUT2D eigenvalue weighted by Gasteiger charge is -2.08. The molecule has 0 aromatic rings. The van der Waals surface area contributed by atoms with Gasteiger partial charge in [0, 0.05) is 0 Å². The Balaban J connectivity index is 3.07. The maximum absolute atomic E-state index is 5.28. The van der Waals surface area contributed by atoms with Crippen LogP contribution in [0.3, 0.4) is 0 Å². The first-order valence-electron chi connectivity index (χ1n) is 1.94. The zero-order valence-electron chi connectivity index (χ0n) is 4.24. The van der Waals surface area contributed by atoms with E-state index in [9.17, 15) is 0 Å². The largest absolute Gasteiger partial charge is 0.349 e. The van der Waals surface area contributed by atoms with Crippen LogP contribution in [0, 0.1) is 0 Å². The lowest BCUT2D eigenvalue weighted by Crippen LogP contribution is -2.13. The predicted octanol–water partition coefficient (Wildman–Crippen LogP) is 2.50. The summed E-state index contributed by atoms with van der Waals surface area (Å²) in [5.74, 6) is 0. The molecular weight excluding hydrogens is 210 g/mol. The quantitative estimate of drug-likeness (QED) is 0.408. The summed E-state index contributed by atoms with van der Waals surface area (Å²) >= 11 is 20.6. The minimum absolute atomic E-state index is 0.0373.